The van der Waals surface area contributed by atoms with Crippen LogP contribution >= 0.6 is 23.2 Å². The normalized spacial score (nSPS) is 24.3. The predicted octanol–water partition coefficient (Wildman–Crippen LogP) is 8.10. The first-order chi connectivity index (χ1) is 20.0. The fourth-order valence-electron chi connectivity index (χ4n) is 6.82. The molecule has 0 aromatic heterocycles. The smallest absolute Gasteiger partial charge is 0.416 e. The fraction of sp³-hybridized carbons (Fsp3) is 0.355. The molecule has 3 aromatic rings. The maximum Gasteiger partial charge on any atom is 0.416 e. The van der Waals surface area contributed by atoms with Gasteiger partial charge in [-0.1, -0.05) is 35.7 Å². The Morgan fingerprint density at radius 2 is 1.60 bits per heavy atom. The number of anilines is 1. The summed E-state index contributed by atoms with van der Waals surface area (Å²) in [6.07, 6.45) is -0.887. The monoisotopic (exact) mass is 620 g/mol. The third-order valence-corrected chi connectivity index (χ3v) is 9.04. The van der Waals surface area contributed by atoms with E-state index in [4.69, 9.17) is 27.9 Å². The number of benzene rings is 3. The zero-order valence-electron chi connectivity index (χ0n) is 22.2. The van der Waals surface area contributed by atoms with E-state index in [-0.39, 0.29) is 28.0 Å². The summed E-state index contributed by atoms with van der Waals surface area (Å²) < 4.78 is 64.5. The molecule has 220 valence electrons. The molecule has 0 radical (unpaired) electrons. The number of piperidine rings is 1. The van der Waals surface area contributed by atoms with Gasteiger partial charge in [0.05, 0.1) is 17.7 Å². The van der Waals surface area contributed by atoms with E-state index in [1.807, 2.05) is 0 Å². The van der Waals surface area contributed by atoms with Gasteiger partial charge in [-0.15, -0.1) is 0 Å². The molecule has 11 heteroatoms. The number of halogens is 6. The third kappa shape index (κ3) is 4.90. The third-order valence-electron chi connectivity index (χ3n) is 8.57. The van der Waals surface area contributed by atoms with Crippen molar-refractivity contribution >= 4 is 40.7 Å². The van der Waals surface area contributed by atoms with Gasteiger partial charge in [-0.2, -0.15) is 13.2 Å². The summed E-state index contributed by atoms with van der Waals surface area (Å²) in [5, 5.41) is 5.92. The molecule has 2 heterocycles. The van der Waals surface area contributed by atoms with Crippen LogP contribution in [0.1, 0.15) is 72.7 Å². The lowest BCUT2D eigenvalue weighted by molar-refractivity contribution is -0.140. The largest absolute Gasteiger partial charge is 0.490 e. The Balaban J connectivity index is 1.62. The van der Waals surface area contributed by atoms with Crippen LogP contribution in [0, 0.1) is 5.82 Å². The number of carbonyl (C=O) groups is 2. The van der Waals surface area contributed by atoms with Gasteiger partial charge in [-0.25, -0.2) is 4.39 Å². The van der Waals surface area contributed by atoms with Crippen molar-refractivity contribution < 1.29 is 31.9 Å². The van der Waals surface area contributed by atoms with Gasteiger partial charge in [0, 0.05) is 33.6 Å². The molecule has 1 saturated heterocycles. The summed E-state index contributed by atoms with van der Waals surface area (Å²) in [6, 6.07) is 10.3. The van der Waals surface area contributed by atoms with Crippen LogP contribution in [0.5, 0.6) is 5.75 Å². The molecule has 0 bridgehead atoms. The van der Waals surface area contributed by atoms with E-state index in [2.05, 4.69) is 10.6 Å². The van der Waals surface area contributed by atoms with Gasteiger partial charge in [0.15, 0.2) is 0 Å². The Hall–Kier alpha value is -3.30. The molecule has 1 unspecified atom stereocenters. The highest BCUT2D eigenvalue weighted by atomic mass is 35.5. The van der Waals surface area contributed by atoms with Crippen molar-refractivity contribution in [1.29, 1.82) is 0 Å². The fourth-order valence-corrected chi connectivity index (χ4v) is 7.17. The van der Waals surface area contributed by atoms with Gasteiger partial charge < -0.3 is 15.4 Å². The van der Waals surface area contributed by atoms with E-state index < -0.39 is 53.2 Å². The maximum atomic E-state index is 14.9. The summed E-state index contributed by atoms with van der Waals surface area (Å²) in [6.45, 7) is 0. The van der Waals surface area contributed by atoms with Crippen LogP contribution in [0.25, 0.3) is 0 Å². The van der Waals surface area contributed by atoms with Crippen molar-refractivity contribution in [2.24, 2.45) is 0 Å². The van der Waals surface area contributed by atoms with Crippen molar-refractivity contribution in [2.45, 2.75) is 68.2 Å². The molecule has 2 fully saturated rings. The topological polar surface area (TPSA) is 67.4 Å². The van der Waals surface area contributed by atoms with Gasteiger partial charge >= 0.3 is 6.18 Å². The molecule has 1 saturated carbocycles. The minimum atomic E-state index is -4.81. The first kappa shape index (κ1) is 28.8. The number of fused-ring (bicyclic) bond motifs is 2. The van der Waals surface area contributed by atoms with Gasteiger partial charge in [0.2, 0.25) is 11.8 Å². The molecular formula is C31H26Cl2F4N2O3. The van der Waals surface area contributed by atoms with E-state index in [0.717, 1.165) is 50.3 Å². The second-order valence-electron chi connectivity index (χ2n) is 11.1. The molecule has 3 aromatic carbocycles. The summed E-state index contributed by atoms with van der Waals surface area (Å²) in [7, 11) is 0. The zero-order chi connectivity index (χ0) is 29.8. The predicted molar refractivity (Wildman–Crippen MR) is 150 cm³/mol. The standard InChI is InChI=1S/C31H26Cl2F4N2O3/c32-16-6-9-22(31(35,36)37)20(12-16)24-15-27(40)39-28(30(24)23-10-7-17(33)13-25(23)38-29(30)41)21-14-18(34)8-11-26(21)42-19-4-2-1-3-5-19/h6-14,19,24,28H,1-5,15H2,(H,38,41)(H,39,40)/t24-,28+,30?/m0/s1. The average Bonchev–Trinajstić information content (AvgIpc) is 3.21. The SMILES string of the molecule is O=C1C[C@@H](c2cc(Cl)ccc2C(F)(F)F)C2(C(=O)Nc3cc(Cl)ccc32)[C@@H](c2cc(F)ccc2OC2CCCCC2)N1. The van der Waals surface area contributed by atoms with Crippen LogP contribution in [0.4, 0.5) is 23.2 Å². The number of nitrogens with one attached hydrogen (secondary N) is 2. The first-order valence-electron chi connectivity index (χ1n) is 13.7. The lowest BCUT2D eigenvalue weighted by Gasteiger charge is -2.47. The Morgan fingerprint density at radius 1 is 0.881 bits per heavy atom. The Bertz CT molecular complexity index is 1570. The summed E-state index contributed by atoms with van der Waals surface area (Å²) in [4.78, 5) is 27.6. The minimum absolute atomic E-state index is 0.0116. The molecule has 3 atom stereocenters. The molecule has 6 rings (SSSR count). The van der Waals surface area contributed by atoms with Crippen molar-refractivity contribution in [3.05, 3.63) is 92.7 Å². The number of alkyl halides is 3. The molecule has 3 aliphatic rings. The van der Waals surface area contributed by atoms with Gasteiger partial charge in [0.1, 0.15) is 17.0 Å². The average molecular weight is 621 g/mol. The number of hydrogen-bond donors (Lipinski definition) is 2. The van der Waals surface area contributed by atoms with Gasteiger partial charge in [-0.05, 0) is 85.3 Å². The number of rotatable bonds is 4. The van der Waals surface area contributed by atoms with Crippen LogP contribution in [0.15, 0.2) is 54.6 Å². The Labute approximate surface area is 249 Å². The zero-order valence-corrected chi connectivity index (χ0v) is 23.7. The number of carbonyl (C=O) groups excluding carboxylic acids is 2. The minimum Gasteiger partial charge on any atom is -0.490 e. The van der Waals surface area contributed by atoms with E-state index in [1.54, 1.807) is 6.07 Å². The molecular weight excluding hydrogens is 595 g/mol. The van der Waals surface area contributed by atoms with Crippen molar-refractivity contribution in [3.63, 3.8) is 0 Å². The van der Waals surface area contributed by atoms with Crippen LogP contribution in [0.3, 0.4) is 0 Å². The Kier molecular flexibility index (Phi) is 7.38. The quantitative estimate of drug-likeness (QED) is 0.290. The van der Waals surface area contributed by atoms with Gasteiger partial charge in [0.25, 0.3) is 0 Å². The second-order valence-corrected chi connectivity index (χ2v) is 11.9. The van der Waals surface area contributed by atoms with Crippen LogP contribution in [-0.4, -0.2) is 17.9 Å². The molecule has 1 aliphatic carbocycles. The van der Waals surface area contributed by atoms with Crippen LogP contribution in [-0.2, 0) is 21.2 Å². The lowest BCUT2D eigenvalue weighted by Crippen LogP contribution is -2.57. The summed E-state index contributed by atoms with van der Waals surface area (Å²) >= 11 is 12.5. The van der Waals surface area contributed by atoms with E-state index in [0.29, 0.717) is 16.3 Å². The van der Waals surface area contributed by atoms with E-state index in [1.165, 1.54) is 30.3 Å². The first-order valence-corrected chi connectivity index (χ1v) is 14.5. The summed E-state index contributed by atoms with van der Waals surface area (Å²) in [5.74, 6) is -2.99. The highest BCUT2D eigenvalue weighted by Gasteiger charge is 2.62. The number of ether oxygens (including phenoxy) is 1. The highest BCUT2D eigenvalue weighted by molar-refractivity contribution is 6.31. The summed E-state index contributed by atoms with van der Waals surface area (Å²) in [5.41, 5.74) is -2.38. The molecule has 1 spiro atoms. The maximum absolute atomic E-state index is 14.9. The molecule has 2 amide bonds. The highest BCUT2D eigenvalue weighted by Crippen LogP contribution is 2.59. The van der Waals surface area contributed by atoms with Crippen molar-refractivity contribution in [2.75, 3.05) is 5.32 Å². The molecule has 2 N–H and O–H groups in total. The molecule has 42 heavy (non-hydrogen) atoms. The Morgan fingerprint density at radius 3 is 2.33 bits per heavy atom. The lowest BCUT2D eigenvalue weighted by atomic mass is 9.58. The second kappa shape index (κ2) is 10.8. The number of hydrogen-bond acceptors (Lipinski definition) is 3. The van der Waals surface area contributed by atoms with Crippen LogP contribution in [0.2, 0.25) is 10.0 Å². The van der Waals surface area contributed by atoms with E-state index >= 15 is 0 Å². The van der Waals surface area contributed by atoms with Gasteiger partial charge in [-0.3, -0.25) is 9.59 Å². The molecule has 2 aliphatic heterocycles. The van der Waals surface area contributed by atoms with Crippen molar-refractivity contribution in [3.8, 4) is 5.75 Å². The molecule has 5 nitrogen and oxygen atoms in total. The van der Waals surface area contributed by atoms with E-state index in [9.17, 15) is 27.2 Å². The van der Waals surface area contributed by atoms with Crippen LogP contribution < -0.4 is 15.4 Å². The van der Waals surface area contributed by atoms with Crippen molar-refractivity contribution in [1.82, 2.24) is 5.32 Å². The number of amides is 2.